The number of hydrogen-bond acceptors (Lipinski definition) is 1. The second-order valence-electron chi connectivity index (χ2n) is 3.59. The Morgan fingerprint density at radius 1 is 1.35 bits per heavy atom. The van der Waals surface area contributed by atoms with Crippen molar-refractivity contribution < 1.29 is 0 Å². The van der Waals surface area contributed by atoms with E-state index in [2.05, 4.69) is 15.6 Å². The third kappa shape index (κ3) is 4.84. The van der Waals surface area contributed by atoms with Gasteiger partial charge in [-0.3, -0.25) is 4.99 Å². The van der Waals surface area contributed by atoms with Crippen LogP contribution in [0.4, 0.5) is 0 Å². The van der Waals surface area contributed by atoms with Gasteiger partial charge >= 0.3 is 0 Å². The lowest BCUT2D eigenvalue weighted by Gasteiger charge is -2.09. The molecule has 5 heteroatoms. The van der Waals surface area contributed by atoms with Crippen molar-refractivity contribution in [2.75, 3.05) is 20.6 Å². The molecular formula is C12H17Cl2N3. The smallest absolute Gasteiger partial charge is 0.190 e. The summed E-state index contributed by atoms with van der Waals surface area (Å²) >= 11 is 11.9. The third-order valence-corrected chi connectivity index (χ3v) is 2.98. The van der Waals surface area contributed by atoms with Crippen molar-refractivity contribution in [3.8, 4) is 0 Å². The van der Waals surface area contributed by atoms with Gasteiger partial charge in [-0.05, 0) is 30.5 Å². The molecule has 0 spiro atoms. The predicted molar refractivity (Wildman–Crippen MR) is 75.2 cm³/mol. The lowest BCUT2D eigenvalue weighted by Crippen LogP contribution is -2.35. The van der Waals surface area contributed by atoms with Gasteiger partial charge in [0.25, 0.3) is 0 Å². The molecule has 1 rings (SSSR count). The van der Waals surface area contributed by atoms with E-state index in [-0.39, 0.29) is 0 Å². The Morgan fingerprint density at radius 3 is 2.71 bits per heavy atom. The van der Waals surface area contributed by atoms with Gasteiger partial charge < -0.3 is 10.6 Å². The summed E-state index contributed by atoms with van der Waals surface area (Å²) in [4.78, 5) is 4.03. The standard InChI is InChI=1S/C12H17Cl2N3/c1-15-12(16-2)17-7-3-4-9-5-6-10(13)8-11(9)14/h5-6,8H,3-4,7H2,1-2H3,(H2,15,16,17). The van der Waals surface area contributed by atoms with Crippen LogP contribution in [0.2, 0.25) is 10.0 Å². The molecule has 0 unspecified atom stereocenters. The van der Waals surface area contributed by atoms with Crippen LogP contribution < -0.4 is 10.6 Å². The summed E-state index contributed by atoms with van der Waals surface area (Å²) in [5, 5.41) is 7.56. The van der Waals surface area contributed by atoms with Gasteiger partial charge in [-0.2, -0.15) is 0 Å². The molecule has 0 amide bonds. The van der Waals surface area contributed by atoms with Gasteiger partial charge in [0, 0.05) is 30.7 Å². The molecule has 0 aromatic heterocycles. The van der Waals surface area contributed by atoms with Crippen molar-refractivity contribution >= 4 is 29.2 Å². The Labute approximate surface area is 112 Å². The topological polar surface area (TPSA) is 36.4 Å². The zero-order valence-electron chi connectivity index (χ0n) is 10.1. The molecule has 94 valence electrons. The van der Waals surface area contributed by atoms with E-state index in [1.165, 1.54) is 0 Å². The van der Waals surface area contributed by atoms with Crippen LogP contribution in [0.15, 0.2) is 23.2 Å². The number of halogens is 2. The summed E-state index contributed by atoms with van der Waals surface area (Å²) in [6, 6.07) is 5.61. The summed E-state index contributed by atoms with van der Waals surface area (Å²) < 4.78 is 0. The molecule has 0 saturated carbocycles. The van der Waals surface area contributed by atoms with Gasteiger partial charge in [-0.1, -0.05) is 29.3 Å². The number of nitrogens with one attached hydrogen (secondary N) is 2. The number of nitrogens with zero attached hydrogens (tertiary/aromatic N) is 1. The van der Waals surface area contributed by atoms with Gasteiger partial charge in [0.15, 0.2) is 5.96 Å². The highest BCUT2D eigenvalue weighted by molar-refractivity contribution is 6.35. The van der Waals surface area contributed by atoms with Gasteiger partial charge in [0.2, 0.25) is 0 Å². The molecule has 0 saturated heterocycles. The molecule has 0 atom stereocenters. The van der Waals surface area contributed by atoms with E-state index in [0.29, 0.717) is 5.02 Å². The van der Waals surface area contributed by atoms with E-state index in [4.69, 9.17) is 23.2 Å². The third-order valence-electron chi connectivity index (χ3n) is 2.39. The minimum Gasteiger partial charge on any atom is -0.359 e. The second-order valence-corrected chi connectivity index (χ2v) is 4.43. The minimum absolute atomic E-state index is 0.674. The summed E-state index contributed by atoms with van der Waals surface area (Å²) in [6.45, 7) is 0.854. The Bertz CT molecular complexity index is 391. The highest BCUT2D eigenvalue weighted by Gasteiger charge is 2.01. The van der Waals surface area contributed by atoms with Crippen molar-refractivity contribution in [1.29, 1.82) is 0 Å². The van der Waals surface area contributed by atoms with Gasteiger partial charge in [-0.15, -0.1) is 0 Å². The molecule has 1 aromatic carbocycles. The van der Waals surface area contributed by atoms with Gasteiger partial charge in [0.1, 0.15) is 0 Å². The number of hydrogen-bond donors (Lipinski definition) is 2. The maximum absolute atomic E-state index is 6.08. The number of benzene rings is 1. The average molecular weight is 274 g/mol. The molecular weight excluding hydrogens is 257 g/mol. The average Bonchev–Trinajstić information content (AvgIpc) is 2.32. The Kier molecular flexibility index (Phi) is 6.16. The van der Waals surface area contributed by atoms with E-state index in [0.717, 1.165) is 35.9 Å². The molecule has 17 heavy (non-hydrogen) atoms. The van der Waals surface area contributed by atoms with Crippen molar-refractivity contribution in [2.45, 2.75) is 12.8 Å². The number of rotatable bonds is 4. The van der Waals surface area contributed by atoms with Gasteiger partial charge in [0.05, 0.1) is 0 Å². The molecule has 0 fully saturated rings. The van der Waals surface area contributed by atoms with E-state index in [9.17, 15) is 0 Å². The van der Waals surface area contributed by atoms with Crippen molar-refractivity contribution in [1.82, 2.24) is 10.6 Å². The first-order valence-electron chi connectivity index (χ1n) is 5.49. The largest absolute Gasteiger partial charge is 0.359 e. The van der Waals surface area contributed by atoms with Crippen molar-refractivity contribution in [3.63, 3.8) is 0 Å². The summed E-state index contributed by atoms with van der Waals surface area (Å²) in [5.41, 5.74) is 1.12. The number of aliphatic imine (C=N–C) groups is 1. The van der Waals surface area contributed by atoms with E-state index >= 15 is 0 Å². The highest BCUT2D eigenvalue weighted by atomic mass is 35.5. The van der Waals surface area contributed by atoms with Crippen LogP contribution in [0.1, 0.15) is 12.0 Å². The number of aryl methyl sites for hydroxylation is 1. The first-order chi connectivity index (χ1) is 8.17. The SMILES string of the molecule is CN=C(NC)NCCCc1ccc(Cl)cc1Cl. The molecule has 0 heterocycles. The zero-order chi connectivity index (χ0) is 12.7. The van der Waals surface area contributed by atoms with E-state index < -0.39 is 0 Å². The fraction of sp³-hybridized carbons (Fsp3) is 0.417. The molecule has 0 radical (unpaired) electrons. The Balaban J connectivity index is 2.36. The Hall–Kier alpha value is -0.930. The molecule has 0 aliphatic carbocycles. The van der Waals surface area contributed by atoms with Crippen LogP contribution in [-0.4, -0.2) is 26.6 Å². The van der Waals surface area contributed by atoms with Gasteiger partial charge in [-0.25, -0.2) is 0 Å². The van der Waals surface area contributed by atoms with Crippen LogP contribution in [0, 0.1) is 0 Å². The molecule has 0 aliphatic heterocycles. The molecule has 0 bridgehead atoms. The fourth-order valence-electron chi connectivity index (χ4n) is 1.49. The molecule has 3 nitrogen and oxygen atoms in total. The normalized spacial score (nSPS) is 11.4. The lowest BCUT2D eigenvalue weighted by atomic mass is 10.1. The first-order valence-corrected chi connectivity index (χ1v) is 6.25. The monoisotopic (exact) mass is 273 g/mol. The lowest BCUT2D eigenvalue weighted by molar-refractivity contribution is 0.758. The van der Waals surface area contributed by atoms with Crippen molar-refractivity contribution in [2.24, 2.45) is 4.99 Å². The summed E-state index contributed by atoms with van der Waals surface area (Å²) in [6.07, 6.45) is 1.91. The quantitative estimate of drug-likeness (QED) is 0.503. The van der Waals surface area contributed by atoms with Crippen LogP contribution in [0.25, 0.3) is 0 Å². The van der Waals surface area contributed by atoms with E-state index in [1.54, 1.807) is 13.1 Å². The maximum Gasteiger partial charge on any atom is 0.190 e. The Morgan fingerprint density at radius 2 is 2.12 bits per heavy atom. The van der Waals surface area contributed by atoms with Crippen molar-refractivity contribution in [3.05, 3.63) is 33.8 Å². The summed E-state index contributed by atoms with van der Waals surface area (Å²) in [5.74, 6) is 0.798. The summed E-state index contributed by atoms with van der Waals surface area (Å²) in [7, 11) is 3.58. The molecule has 0 aliphatic rings. The minimum atomic E-state index is 0.674. The number of guanidine groups is 1. The molecule has 1 aromatic rings. The van der Waals surface area contributed by atoms with Crippen LogP contribution in [0.5, 0.6) is 0 Å². The van der Waals surface area contributed by atoms with Crippen LogP contribution in [-0.2, 0) is 6.42 Å². The first kappa shape index (κ1) is 14.1. The molecule has 2 N–H and O–H groups in total. The maximum atomic E-state index is 6.08. The fourth-order valence-corrected chi connectivity index (χ4v) is 1.99. The predicted octanol–water partition coefficient (Wildman–Crippen LogP) is 2.72. The zero-order valence-corrected chi connectivity index (χ0v) is 11.6. The second kappa shape index (κ2) is 7.41. The van der Waals surface area contributed by atoms with Crippen LogP contribution in [0.3, 0.4) is 0 Å². The highest BCUT2D eigenvalue weighted by Crippen LogP contribution is 2.21. The van der Waals surface area contributed by atoms with Crippen LogP contribution >= 0.6 is 23.2 Å². The van der Waals surface area contributed by atoms with E-state index in [1.807, 2.05) is 19.2 Å².